The predicted molar refractivity (Wildman–Crippen MR) is 101 cm³/mol. The minimum atomic E-state index is 0.177. The molecule has 1 amide bonds. The van der Waals surface area contributed by atoms with Crippen molar-refractivity contribution in [1.29, 1.82) is 0 Å². The predicted octanol–water partition coefficient (Wildman–Crippen LogP) is 3.04. The summed E-state index contributed by atoms with van der Waals surface area (Å²) in [5.41, 5.74) is 3.63. The van der Waals surface area contributed by atoms with Crippen LogP contribution in [0.4, 0.5) is 0 Å². The van der Waals surface area contributed by atoms with Crippen LogP contribution in [0.25, 0.3) is 0 Å². The lowest BCUT2D eigenvalue weighted by Gasteiger charge is -2.28. The third kappa shape index (κ3) is 2.95. The molecule has 136 valence electrons. The van der Waals surface area contributed by atoms with E-state index in [9.17, 15) is 4.79 Å². The molecule has 0 saturated carbocycles. The van der Waals surface area contributed by atoms with Crippen molar-refractivity contribution in [2.75, 3.05) is 13.1 Å². The Morgan fingerprint density at radius 2 is 2.12 bits per heavy atom. The Kier molecular flexibility index (Phi) is 4.25. The summed E-state index contributed by atoms with van der Waals surface area (Å²) in [6.07, 6.45) is 9.86. The lowest BCUT2D eigenvalue weighted by Crippen LogP contribution is -2.36. The van der Waals surface area contributed by atoms with Crippen molar-refractivity contribution in [3.8, 4) is 0 Å². The monoisotopic (exact) mass is 368 g/mol. The Morgan fingerprint density at radius 3 is 2.96 bits per heavy atom. The molecule has 0 aromatic carbocycles. The molecule has 1 aliphatic carbocycles. The van der Waals surface area contributed by atoms with E-state index in [-0.39, 0.29) is 5.91 Å². The molecule has 3 aliphatic rings. The summed E-state index contributed by atoms with van der Waals surface area (Å²) in [6.45, 7) is 2.44. The van der Waals surface area contributed by atoms with Crippen LogP contribution in [-0.2, 0) is 25.8 Å². The average Bonchev–Trinajstić information content (AvgIpc) is 3.36. The molecule has 2 aliphatic heterocycles. The normalized spacial score (nSPS) is 22.2. The van der Waals surface area contributed by atoms with Crippen LogP contribution in [0.5, 0.6) is 0 Å². The summed E-state index contributed by atoms with van der Waals surface area (Å²) in [5.74, 6) is 1.10. The molecule has 6 heteroatoms. The van der Waals surface area contributed by atoms with E-state index in [1.54, 1.807) is 11.3 Å². The molecule has 5 nitrogen and oxygen atoms in total. The van der Waals surface area contributed by atoms with E-state index in [0.29, 0.717) is 12.6 Å². The summed E-state index contributed by atoms with van der Waals surface area (Å²) in [5, 5.41) is 3.46. The number of aryl methyl sites for hydroxylation is 2. The zero-order valence-electron chi connectivity index (χ0n) is 15.0. The molecule has 0 radical (unpaired) electrons. The van der Waals surface area contributed by atoms with Crippen molar-refractivity contribution < 1.29 is 4.79 Å². The highest BCUT2D eigenvalue weighted by Gasteiger charge is 2.27. The highest BCUT2D eigenvalue weighted by Crippen LogP contribution is 2.31. The standard InChI is InChI=1S/C20H24N4OS/c25-20(18-10-13-4-1-2-6-17(13)26-18)24-9-7-15-14(12-24)11-22-19(23-15)16-5-3-8-21-16/h10-11,16,21H,1-9,12H2/t16-/m0/s1. The summed E-state index contributed by atoms with van der Waals surface area (Å²) >= 11 is 1.71. The summed E-state index contributed by atoms with van der Waals surface area (Å²) < 4.78 is 0. The molecular weight excluding hydrogens is 344 g/mol. The fourth-order valence-corrected chi connectivity index (χ4v) is 5.55. The number of amides is 1. The number of hydrogen-bond acceptors (Lipinski definition) is 5. The summed E-state index contributed by atoms with van der Waals surface area (Å²) in [4.78, 5) is 26.7. The number of nitrogens with one attached hydrogen (secondary N) is 1. The Balaban J connectivity index is 1.33. The quantitative estimate of drug-likeness (QED) is 0.885. The molecule has 0 spiro atoms. The fraction of sp³-hybridized carbons (Fsp3) is 0.550. The third-order valence-corrected chi connectivity index (χ3v) is 7.04. The van der Waals surface area contributed by atoms with Crippen LogP contribution in [0.1, 0.15) is 68.9 Å². The molecule has 0 bridgehead atoms. The molecule has 5 rings (SSSR count). The van der Waals surface area contributed by atoms with Gasteiger partial charge in [0.15, 0.2) is 0 Å². The second-order valence-electron chi connectivity index (χ2n) is 7.59. The topological polar surface area (TPSA) is 58.1 Å². The maximum absolute atomic E-state index is 13.0. The Morgan fingerprint density at radius 1 is 1.19 bits per heavy atom. The van der Waals surface area contributed by atoms with Crippen molar-refractivity contribution in [3.05, 3.63) is 44.7 Å². The van der Waals surface area contributed by atoms with Gasteiger partial charge in [-0.2, -0.15) is 0 Å². The first kappa shape index (κ1) is 16.4. The van der Waals surface area contributed by atoms with Gasteiger partial charge in [0.2, 0.25) is 0 Å². The van der Waals surface area contributed by atoms with E-state index in [1.165, 1.54) is 29.7 Å². The first-order chi connectivity index (χ1) is 12.8. The minimum absolute atomic E-state index is 0.177. The number of nitrogens with zero attached hydrogens (tertiary/aromatic N) is 3. The van der Waals surface area contributed by atoms with Gasteiger partial charge in [-0.25, -0.2) is 9.97 Å². The van der Waals surface area contributed by atoms with Gasteiger partial charge < -0.3 is 10.2 Å². The van der Waals surface area contributed by atoms with Gasteiger partial charge in [-0.3, -0.25) is 4.79 Å². The molecule has 4 heterocycles. The number of hydrogen-bond donors (Lipinski definition) is 1. The van der Waals surface area contributed by atoms with Crippen molar-refractivity contribution in [2.45, 2.75) is 57.5 Å². The van der Waals surface area contributed by atoms with Crippen LogP contribution in [0.2, 0.25) is 0 Å². The molecule has 1 fully saturated rings. The van der Waals surface area contributed by atoms with Gasteiger partial charge in [0.05, 0.1) is 16.6 Å². The Hall–Kier alpha value is -1.79. The van der Waals surface area contributed by atoms with Crippen molar-refractivity contribution in [3.63, 3.8) is 0 Å². The molecule has 1 N–H and O–H groups in total. The lowest BCUT2D eigenvalue weighted by molar-refractivity contribution is 0.0738. The van der Waals surface area contributed by atoms with E-state index in [0.717, 1.165) is 60.7 Å². The smallest absolute Gasteiger partial charge is 0.264 e. The van der Waals surface area contributed by atoms with E-state index in [2.05, 4.69) is 16.4 Å². The van der Waals surface area contributed by atoms with Crippen LogP contribution in [0.3, 0.4) is 0 Å². The average molecular weight is 369 g/mol. The van der Waals surface area contributed by atoms with Gasteiger partial charge in [-0.1, -0.05) is 0 Å². The maximum atomic E-state index is 13.0. The van der Waals surface area contributed by atoms with Gasteiger partial charge in [0.1, 0.15) is 5.82 Å². The van der Waals surface area contributed by atoms with E-state index >= 15 is 0 Å². The molecular formula is C20H24N4OS. The number of rotatable bonds is 2. The molecule has 2 aromatic rings. The highest BCUT2D eigenvalue weighted by atomic mass is 32.1. The van der Waals surface area contributed by atoms with Crippen molar-refractivity contribution in [2.24, 2.45) is 0 Å². The van der Waals surface area contributed by atoms with Crippen LogP contribution >= 0.6 is 11.3 Å². The van der Waals surface area contributed by atoms with E-state index in [1.807, 2.05) is 11.1 Å². The maximum Gasteiger partial charge on any atom is 0.264 e. The highest BCUT2D eigenvalue weighted by molar-refractivity contribution is 7.14. The Labute approximate surface area is 157 Å². The van der Waals surface area contributed by atoms with Gasteiger partial charge in [-0.15, -0.1) is 11.3 Å². The molecule has 1 saturated heterocycles. The summed E-state index contributed by atoms with van der Waals surface area (Å²) in [6, 6.07) is 2.44. The van der Waals surface area contributed by atoms with Gasteiger partial charge in [-0.05, 0) is 56.7 Å². The van der Waals surface area contributed by atoms with Crippen LogP contribution in [-0.4, -0.2) is 33.9 Å². The molecule has 0 unspecified atom stereocenters. The van der Waals surface area contributed by atoms with Gasteiger partial charge in [0.25, 0.3) is 5.91 Å². The number of aromatic nitrogens is 2. The first-order valence-electron chi connectivity index (χ1n) is 9.77. The number of carbonyl (C=O) groups is 1. The molecule has 2 aromatic heterocycles. The minimum Gasteiger partial charge on any atom is -0.333 e. The van der Waals surface area contributed by atoms with E-state index in [4.69, 9.17) is 4.98 Å². The van der Waals surface area contributed by atoms with Crippen LogP contribution < -0.4 is 5.32 Å². The first-order valence-corrected chi connectivity index (χ1v) is 10.6. The molecule has 26 heavy (non-hydrogen) atoms. The fourth-order valence-electron chi connectivity index (χ4n) is 4.33. The van der Waals surface area contributed by atoms with Gasteiger partial charge in [0, 0.05) is 36.1 Å². The van der Waals surface area contributed by atoms with Gasteiger partial charge >= 0.3 is 0 Å². The zero-order valence-corrected chi connectivity index (χ0v) is 15.8. The van der Waals surface area contributed by atoms with Crippen molar-refractivity contribution in [1.82, 2.24) is 20.2 Å². The largest absolute Gasteiger partial charge is 0.333 e. The Bertz CT molecular complexity index is 817. The van der Waals surface area contributed by atoms with Crippen LogP contribution in [0.15, 0.2) is 12.3 Å². The molecule has 1 atom stereocenters. The lowest BCUT2D eigenvalue weighted by atomic mass is 9.99. The van der Waals surface area contributed by atoms with Crippen LogP contribution in [0, 0.1) is 0 Å². The number of carbonyl (C=O) groups excluding carboxylic acids is 1. The SMILES string of the molecule is O=C(c1cc2c(s1)CCCC2)N1CCc2nc([C@@H]3CCCN3)ncc2C1. The number of fused-ring (bicyclic) bond motifs is 2. The number of thiophene rings is 1. The van der Waals surface area contributed by atoms with E-state index < -0.39 is 0 Å². The summed E-state index contributed by atoms with van der Waals surface area (Å²) in [7, 11) is 0. The van der Waals surface area contributed by atoms with Crippen molar-refractivity contribution >= 4 is 17.2 Å². The second kappa shape index (κ2) is 6.74. The second-order valence-corrected chi connectivity index (χ2v) is 8.73. The third-order valence-electron chi connectivity index (χ3n) is 5.82. The zero-order chi connectivity index (χ0) is 17.5.